The maximum atomic E-state index is 12.8. The lowest BCUT2D eigenvalue weighted by Crippen LogP contribution is -2.36. The Morgan fingerprint density at radius 1 is 1.29 bits per heavy atom. The van der Waals surface area contributed by atoms with E-state index in [1.54, 1.807) is 0 Å². The van der Waals surface area contributed by atoms with E-state index in [-0.39, 0.29) is 29.1 Å². The molecule has 0 atom stereocenters. The molecule has 1 aliphatic rings. The van der Waals surface area contributed by atoms with Crippen molar-refractivity contribution in [1.82, 2.24) is 9.78 Å². The van der Waals surface area contributed by atoms with Gasteiger partial charge in [-0.15, -0.1) is 0 Å². The van der Waals surface area contributed by atoms with Crippen LogP contribution in [0.3, 0.4) is 0 Å². The highest BCUT2D eigenvalue weighted by molar-refractivity contribution is 5.89. The van der Waals surface area contributed by atoms with Crippen LogP contribution in [-0.2, 0) is 4.74 Å². The average molecular weight is 337 g/mol. The Morgan fingerprint density at radius 3 is 2.54 bits per heavy atom. The predicted octanol–water partition coefficient (Wildman–Crippen LogP) is 3.29. The number of hydrogen-bond acceptors (Lipinski definition) is 5. The number of nitrogens with zero attached hydrogens (tertiary/aromatic N) is 3. The lowest BCUT2D eigenvalue weighted by molar-refractivity contribution is -0.384. The molecular formula is C15H13F2N3O4. The van der Waals surface area contributed by atoms with Crippen LogP contribution in [0.5, 0.6) is 0 Å². The first-order valence-electron chi connectivity index (χ1n) is 7.22. The number of rotatable bonds is 5. The van der Waals surface area contributed by atoms with E-state index in [0.717, 1.165) is 0 Å². The molecule has 0 unspecified atom stereocenters. The second-order valence-corrected chi connectivity index (χ2v) is 5.46. The van der Waals surface area contributed by atoms with E-state index in [1.807, 2.05) is 0 Å². The monoisotopic (exact) mass is 337 g/mol. The summed E-state index contributed by atoms with van der Waals surface area (Å²) in [6.45, 7) is 0. The molecule has 1 aliphatic carbocycles. The molecule has 0 N–H and O–H groups in total. The van der Waals surface area contributed by atoms with Crippen LogP contribution in [0.2, 0.25) is 0 Å². The Kier molecular flexibility index (Phi) is 4.24. The molecule has 1 fully saturated rings. The van der Waals surface area contributed by atoms with Crippen LogP contribution in [0, 0.1) is 10.1 Å². The molecule has 1 aromatic carbocycles. The van der Waals surface area contributed by atoms with Crippen molar-refractivity contribution in [2.75, 3.05) is 0 Å². The fraction of sp³-hybridized carbons (Fsp3) is 0.333. The summed E-state index contributed by atoms with van der Waals surface area (Å²) in [6, 6.07) is 6.12. The standard InChI is InChI=1S/C15H13F2N3O4/c16-14(17)13-5-6-18-19(13)11-7-12(8-11)24-15(21)9-1-3-10(4-2-9)20(22)23/h1-6,11-12,14H,7-8H2. The number of alkyl halides is 2. The third-order valence-electron chi connectivity index (χ3n) is 3.93. The molecule has 0 radical (unpaired) electrons. The number of esters is 1. The van der Waals surface area contributed by atoms with Gasteiger partial charge in [0.25, 0.3) is 12.1 Å². The zero-order chi connectivity index (χ0) is 17.3. The number of nitro benzene ring substituents is 1. The first-order chi connectivity index (χ1) is 11.5. The van der Waals surface area contributed by atoms with Crippen LogP contribution in [0.25, 0.3) is 0 Å². The highest BCUT2D eigenvalue weighted by Crippen LogP contribution is 2.37. The SMILES string of the molecule is O=C(OC1CC(n2nccc2C(F)F)C1)c1ccc([N+](=O)[O-])cc1. The molecule has 0 saturated heterocycles. The molecule has 0 aliphatic heterocycles. The molecule has 126 valence electrons. The van der Waals surface area contributed by atoms with E-state index >= 15 is 0 Å². The smallest absolute Gasteiger partial charge is 0.338 e. The van der Waals surface area contributed by atoms with Crippen LogP contribution in [-0.4, -0.2) is 26.8 Å². The molecule has 0 spiro atoms. The zero-order valence-electron chi connectivity index (χ0n) is 12.3. The summed E-state index contributed by atoms with van der Waals surface area (Å²) in [6.07, 6.45) is -0.862. The van der Waals surface area contributed by atoms with Gasteiger partial charge in [0, 0.05) is 31.2 Å². The van der Waals surface area contributed by atoms with Gasteiger partial charge in [0.05, 0.1) is 16.5 Å². The zero-order valence-corrected chi connectivity index (χ0v) is 12.3. The van der Waals surface area contributed by atoms with Gasteiger partial charge in [0.2, 0.25) is 0 Å². The van der Waals surface area contributed by atoms with E-state index in [0.29, 0.717) is 12.8 Å². The minimum Gasteiger partial charge on any atom is -0.459 e. The van der Waals surface area contributed by atoms with E-state index in [9.17, 15) is 23.7 Å². The molecule has 24 heavy (non-hydrogen) atoms. The summed E-state index contributed by atoms with van der Waals surface area (Å²) >= 11 is 0. The van der Waals surface area contributed by atoms with Gasteiger partial charge in [0.1, 0.15) is 11.8 Å². The molecule has 1 saturated carbocycles. The van der Waals surface area contributed by atoms with Crippen LogP contribution < -0.4 is 0 Å². The van der Waals surface area contributed by atoms with E-state index in [1.165, 1.54) is 41.2 Å². The predicted molar refractivity (Wildman–Crippen MR) is 77.8 cm³/mol. The second kappa shape index (κ2) is 6.34. The highest BCUT2D eigenvalue weighted by atomic mass is 19.3. The number of benzene rings is 1. The molecule has 1 heterocycles. The van der Waals surface area contributed by atoms with Crippen molar-refractivity contribution in [2.24, 2.45) is 0 Å². The Bertz CT molecular complexity index is 754. The molecule has 7 nitrogen and oxygen atoms in total. The Labute approximate surface area is 135 Å². The number of aromatic nitrogens is 2. The average Bonchev–Trinajstić information content (AvgIpc) is 2.99. The van der Waals surface area contributed by atoms with Gasteiger partial charge in [-0.25, -0.2) is 13.6 Å². The summed E-state index contributed by atoms with van der Waals surface area (Å²) < 4.78 is 32.1. The molecule has 3 rings (SSSR count). The van der Waals surface area contributed by atoms with Crippen molar-refractivity contribution in [2.45, 2.75) is 31.4 Å². The molecule has 9 heteroatoms. The van der Waals surface area contributed by atoms with Crippen LogP contribution in [0.1, 0.15) is 41.4 Å². The number of ether oxygens (including phenoxy) is 1. The summed E-state index contributed by atoms with van der Waals surface area (Å²) in [5.41, 5.74) is -0.0648. The lowest BCUT2D eigenvalue weighted by Gasteiger charge is -2.35. The minimum absolute atomic E-state index is 0.117. The summed E-state index contributed by atoms with van der Waals surface area (Å²) in [5.74, 6) is -0.595. The van der Waals surface area contributed by atoms with Gasteiger partial charge < -0.3 is 4.74 Å². The van der Waals surface area contributed by atoms with E-state index < -0.39 is 17.3 Å². The van der Waals surface area contributed by atoms with Crippen molar-refractivity contribution in [3.05, 3.63) is 57.9 Å². The van der Waals surface area contributed by atoms with Gasteiger partial charge in [-0.05, 0) is 18.2 Å². The second-order valence-electron chi connectivity index (χ2n) is 5.46. The van der Waals surface area contributed by atoms with Crippen molar-refractivity contribution >= 4 is 11.7 Å². The van der Waals surface area contributed by atoms with Gasteiger partial charge in [-0.1, -0.05) is 0 Å². The summed E-state index contributed by atoms with van der Waals surface area (Å²) in [5, 5.41) is 14.5. The largest absolute Gasteiger partial charge is 0.459 e. The Morgan fingerprint density at radius 2 is 1.96 bits per heavy atom. The quantitative estimate of drug-likeness (QED) is 0.475. The third kappa shape index (κ3) is 3.10. The molecule has 0 bridgehead atoms. The summed E-state index contributed by atoms with van der Waals surface area (Å²) in [7, 11) is 0. The van der Waals surface area contributed by atoms with Crippen LogP contribution in [0.4, 0.5) is 14.5 Å². The van der Waals surface area contributed by atoms with Crippen LogP contribution >= 0.6 is 0 Å². The first kappa shape index (κ1) is 16.0. The molecule has 0 amide bonds. The number of carbonyl (C=O) groups excluding carboxylic acids is 1. The Hall–Kier alpha value is -2.84. The Balaban J connectivity index is 1.56. The molecular weight excluding hydrogens is 324 g/mol. The third-order valence-corrected chi connectivity index (χ3v) is 3.93. The highest BCUT2D eigenvalue weighted by Gasteiger charge is 2.36. The van der Waals surface area contributed by atoms with E-state index in [2.05, 4.69) is 5.10 Å². The van der Waals surface area contributed by atoms with Gasteiger partial charge in [-0.3, -0.25) is 14.8 Å². The van der Waals surface area contributed by atoms with Crippen molar-refractivity contribution in [3.63, 3.8) is 0 Å². The minimum atomic E-state index is -2.60. The number of non-ortho nitro benzene ring substituents is 1. The first-order valence-corrected chi connectivity index (χ1v) is 7.22. The summed E-state index contributed by atoms with van der Waals surface area (Å²) in [4.78, 5) is 22.0. The number of carbonyl (C=O) groups is 1. The molecule has 2 aromatic rings. The lowest BCUT2D eigenvalue weighted by atomic mass is 9.89. The normalized spacial score (nSPS) is 19.8. The fourth-order valence-electron chi connectivity index (χ4n) is 2.57. The molecule has 1 aromatic heterocycles. The van der Waals surface area contributed by atoms with Crippen molar-refractivity contribution < 1.29 is 23.2 Å². The maximum absolute atomic E-state index is 12.8. The number of nitro groups is 1. The van der Waals surface area contributed by atoms with Gasteiger partial charge in [0.15, 0.2) is 0 Å². The van der Waals surface area contributed by atoms with Crippen molar-refractivity contribution in [1.29, 1.82) is 0 Å². The van der Waals surface area contributed by atoms with Gasteiger partial charge in [-0.2, -0.15) is 5.10 Å². The topological polar surface area (TPSA) is 87.3 Å². The van der Waals surface area contributed by atoms with Crippen molar-refractivity contribution in [3.8, 4) is 0 Å². The van der Waals surface area contributed by atoms with Gasteiger partial charge >= 0.3 is 5.97 Å². The number of halogens is 2. The van der Waals surface area contributed by atoms with Crippen LogP contribution in [0.15, 0.2) is 36.5 Å². The number of hydrogen-bond donors (Lipinski definition) is 0. The fourth-order valence-corrected chi connectivity index (χ4v) is 2.57. The van der Waals surface area contributed by atoms with E-state index in [4.69, 9.17) is 4.74 Å². The maximum Gasteiger partial charge on any atom is 0.338 e.